The average molecular weight is 801 g/mol. The van der Waals surface area contributed by atoms with Crippen molar-refractivity contribution in [2.75, 3.05) is 10.2 Å². The van der Waals surface area contributed by atoms with Gasteiger partial charge in [0, 0.05) is 38.8 Å². The standard InChI is InChI=1S/C59H37BN2O/c1-2-16-36(17-3-1)37-32-33-51(61-52-29-14-23-43-42-22-8-13-31-54(42)63-58(43)52)44(34-37)45-35-38-18-4-5-19-39(38)56-55(45)60-50-28-15-27-49-57(50)62(56)53-30-12-11-26-48(53)59(49)46-24-9-6-20-40(46)41-21-7-10-25-47(41)59/h1-35,60-61H. The highest BCUT2D eigenvalue weighted by Gasteiger charge is 2.53. The number of para-hydroxylation sites is 4. The van der Waals surface area contributed by atoms with E-state index in [4.69, 9.17) is 4.42 Å². The van der Waals surface area contributed by atoms with Crippen molar-refractivity contribution in [3.8, 4) is 33.4 Å². The second-order valence-electron chi connectivity index (χ2n) is 17.2. The summed E-state index contributed by atoms with van der Waals surface area (Å²) in [5.74, 6) is 0. The van der Waals surface area contributed by atoms with E-state index in [0.29, 0.717) is 0 Å². The summed E-state index contributed by atoms with van der Waals surface area (Å²) in [4.78, 5) is 2.63. The first-order chi connectivity index (χ1) is 31.3. The second-order valence-corrected chi connectivity index (χ2v) is 17.2. The van der Waals surface area contributed by atoms with Crippen molar-refractivity contribution in [3.05, 3.63) is 235 Å². The van der Waals surface area contributed by atoms with Crippen LogP contribution in [0.4, 0.5) is 28.4 Å². The van der Waals surface area contributed by atoms with Crippen LogP contribution < -0.4 is 21.1 Å². The summed E-state index contributed by atoms with van der Waals surface area (Å²) >= 11 is 0. The molecule has 4 heteroatoms. The van der Waals surface area contributed by atoms with Crippen molar-refractivity contribution < 1.29 is 4.42 Å². The van der Waals surface area contributed by atoms with Crippen LogP contribution in [0.3, 0.4) is 0 Å². The molecule has 1 aliphatic carbocycles. The molecule has 3 aliphatic rings. The van der Waals surface area contributed by atoms with Crippen LogP contribution in [0.2, 0.25) is 0 Å². The summed E-state index contributed by atoms with van der Waals surface area (Å²) < 4.78 is 6.58. The Balaban J connectivity index is 1.05. The van der Waals surface area contributed by atoms with Crippen molar-refractivity contribution in [2.45, 2.75) is 5.41 Å². The van der Waals surface area contributed by atoms with Crippen molar-refractivity contribution in [1.82, 2.24) is 0 Å². The Morgan fingerprint density at radius 1 is 0.429 bits per heavy atom. The van der Waals surface area contributed by atoms with E-state index in [0.717, 1.165) is 46.2 Å². The van der Waals surface area contributed by atoms with Crippen LogP contribution in [0, 0.1) is 0 Å². The van der Waals surface area contributed by atoms with Gasteiger partial charge in [0.1, 0.15) is 5.58 Å². The van der Waals surface area contributed by atoms with Gasteiger partial charge in [-0.2, -0.15) is 0 Å². The summed E-state index contributed by atoms with van der Waals surface area (Å²) in [6.07, 6.45) is 0. The molecular formula is C59H37BN2O. The van der Waals surface area contributed by atoms with E-state index >= 15 is 0 Å². The summed E-state index contributed by atoms with van der Waals surface area (Å²) in [7, 11) is 0.783. The number of benzene rings is 10. The smallest absolute Gasteiger partial charge is 0.198 e. The van der Waals surface area contributed by atoms with Gasteiger partial charge in [-0.3, -0.25) is 0 Å². The van der Waals surface area contributed by atoms with Crippen LogP contribution in [-0.4, -0.2) is 7.28 Å². The molecule has 1 N–H and O–H groups in total. The first-order valence-corrected chi connectivity index (χ1v) is 21.9. The van der Waals surface area contributed by atoms with Crippen molar-refractivity contribution in [2.24, 2.45) is 0 Å². The molecule has 1 aromatic heterocycles. The lowest BCUT2D eigenvalue weighted by molar-refractivity contribution is 0.670. The zero-order valence-corrected chi connectivity index (χ0v) is 34.3. The minimum absolute atomic E-state index is 0.463. The Morgan fingerprint density at radius 2 is 1.10 bits per heavy atom. The fourth-order valence-electron chi connectivity index (χ4n) is 11.5. The molecule has 3 nitrogen and oxygen atoms in total. The summed E-state index contributed by atoms with van der Waals surface area (Å²) in [6, 6.07) is 78.2. The normalized spacial score (nSPS) is 13.6. The lowest BCUT2D eigenvalue weighted by Crippen LogP contribution is -2.47. The Labute approximate surface area is 365 Å². The molecular weight excluding hydrogens is 763 g/mol. The fraction of sp³-hybridized carbons (Fsp3) is 0.0169. The first-order valence-electron chi connectivity index (χ1n) is 21.9. The molecule has 0 saturated heterocycles. The third-order valence-corrected chi connectivity index (χ3v) is 14.1. The van der Waals surface area contributed by atoms with E-state index in [2.05, 4.69) is 216 Å². The molecule has 0 atom stereocenters. The number of hydrogen-bond acceptors (Lipinski definition) is 3. The number of fused-ring (bicyclic) bond motifs is 16. The van der Waals surface area contributed by atoms with Crippen molar-refractivity contribution in [3.63, 3.8) is 0 Å². The predicted molar refractivity (Wildman–Crippen MR) is 264 cm³/mol. The molecule has 0 fully saturated rings. The zero-order chi connectivity index (χ0) is 41.2. The molecule has 3 heterocycles. The molecule has 2 aliphatic heterocycles. The van der Waals surface area contributed by atoms with E-state index in [-0.39, 0.29) is 0 Å². The quantitative estimate of drug-likeness (QED) is 0.180. The van der Waals surface area contributed by atoms with E-state index in [1.54, 1.807) is 0 Å². The summed E-state index contributed by atoms with van der Waals surface area (Å²) in [5, 5.41) is 8.60. The van der Waals surface area contributed by atoms with Gasteiger partial charge < -0.3 is 14.6 Å². The Hall–Kier alpha value is -8.08. The van der Waals surface area contributed by atoms with E-state index < -0.39 is 5.41 Å². The highest BCUT2D eigenvalue weighted by Crippen LogP contribution is 2.63. The van der Waals surface area contributed by atoms with Crippen LogP contribution in [0.1, 0.15) is 22.3 Å². The van der Waals surface area contributed by atoms with Gasteiger partial charge in [0.2, 0.25) is 0 Å². The molecule has 14 rings (SSSR count). The molecule has 1 spiro atoms. The molecule has 0 bridgehead atoms. The van der Waals surface area contributed by atoms with Gasteiger partial charge in [-0.05, 0) is 97.3 Å². The van der Waals surface area contributed by atoms with Crippen LogP contribution in [0.25, 0.3) is 66.1 Å². The molecule has 0 unspecified atom stereocenters. The van der Waals surface area contributed by atoms with Crippen LogP contribution in [-0.2, 0) is 5.41 Å². The number of nitrogens with one attached hydrogen (secondary N) is 1. The molecule has 0 radical (unpaired) electrons. The van der Waals surface area contributed by atoms with Gasteiger partial charge in [0.15, 0.2) is 12.9 Å². The topological polar surface area (TPSA) is 28.4 Å². The van der Waals surface area contributed by atoms with E-state index in [9.17, 15) is 0 Å². The highest BCUT2D eigenvalue weighted by atomic mass is 16.3. The SMILES string of the molecule is B1c2cccc3c2N(c2ccccc2C32c3ccccc3-c3ccccc32)c2c1c(-c1cc(-c3ccccc3)ccc1Nc1cccc3c1oc1ccccc13)cc1ccccc21. The minimum Gasteiger partial charge on any atom is -0.454 e. The van der Waals surface area contributed by atoms with Crippen LogP contribution in [0.15, 0.2) is 217 Å². The summed E-state index contributed by atoms with van der Waals surface area (Å²) in [6.45, 7) is 0. The third kappa shape index (κ3) is 4.70. The molecule has 292 valence electrons. The van der Waals surface area contributed by atoms with E-state index in [1.165, 1.54) is 88.8 Å². The Kier molecular flexibility index (Phi) is 7.13. The highest BCUT2D eigenvalue weighted by molar-refractivity contribution is 6.74. The lowest BCUT2D eigenvalue weighted by atomic mass is 9.54. The Bertz CT molecular complexity index is 3670. The van der Waals surface area contributed by atoms with Crippen LogP contribution >= 0.6 is 0 Å². The zero-order valence-electron chi connectivity index (χ0n) is 34.3. The molecule has 0 saturated carbocycles. The van der Waals surface area contributed by atoms with Gasteiger partial charge in [0.25, 0.3) is 0 Å². The van der Waals surface area contributed by atoms with Gasteiger partial charge in [0.05, 0.1) is 16.8 Å². The molecule has 0 amide bonds. The summed E-state index contributed by atoms with van der Waals surface area (Å²) in [5.41, 5.74) is 22.3. The van der Waals surface area contributed by atoms with Gasteiger partial charge in [-0.25, -0.2) is 0 Å². The fourth-order valence-corrected chi connectivity index (χ4v) is 11.5. The third-order valence-electron chi connectivity index (χ3n) is 14.1. The maximum atomic E-state index is 6.58. The molecule has 63 heavy (non-hydrogen) atoms. The maximum absolute atomic E-state index is 6.58. The second kappa shape index (κ2) is 13.0. The first kappa shape index (κ1) is 34.6. The number of furan rings is 1. The minimum atomic E-state index is -0.463. The largest absolute Gasteiger partial charge is 0.454 e. The van der Waals surface area contributed by atoms with Gasteiger partial charge in [-0.15, -0.1) is 0 Å². The van der Waals surface area contributed by atoms with Gasteiger partial charge >= 0.3 is 0 Å². The van der Waals surface area contributed by atoms with Crippen molar-refractivity contribution in [1.29, 1.82) is 0 Å². The number of anilines is 5. The lowest BCUT2D eigenvalue weighted by Gasteiger charge is -2.48. The van der Waals surface area contributed by atoms with Crippen LogP contribution in [0.5, 0.6) is 0 Å². The number of rotatable bonds is 4. The molecule has 11 aromatic rings. The number of nitrogens with zero attached hydrogens (tertiary/aromatic N) is 1. The number of hydrogen-bond donors (Lipinski definition) is 1. The molecule has 10 aromatic carbocycles. The van der Waals surface area contributed by atoms with Gasteiger partial charge in [-0.1, -0.05) is 181 Å². The Morgan fingerprint density at radius 3 is 1.94 bits per heavy atom. The predicted octanol–water partition coefficient (Wildman–Crippen LogP) is 13.7. The monoisotopic (exact) mass is 800 g/mol. The van der Waals surface area contributed by atoms with Crippen molar-refractivity contribution >= 4 is 79.4 Å². The van der Waals surface area contributed by atoms with E-state index in [1.807, 2.05) is 6.07 Å². The maximum Gasteiger partial charge on any atom is 0.198 e. The average Bonchev–Trinajstić information content (AvgIpc) is 3.88.